The van der Waals surface area contributed by atoms with Crippen LogP contribution in [0.5, 0.6) is 5.88 Å². The van der Waals surface area contributed by atoms with Gasteiger partial charge in [0.2, 0.25) is 5.88 Å². The van der Waals surface area contributed by atoms with Crippen molar-refractivity contribution in [3.8, 4) is 11.6 Å². The number of aromatic nitrogens is 2. The number of nitrogens with zero attached hydrogens (tertiary/aromatic N) is 2. The van der Waals surface area contributed by atoms with Gasteiger partial charge in [0.05, 0.1) is 18.2 Å². The molecule has 0 radical (unpaired) electrons. The van der Waals surface area contributed by atoms with Crippen molar-refractivity contribution in [2.75, 3.05) is 0 Å². The maximum atomic E-state index is 14.2. The van der Waals surface area contributed by atoms with Crippen LogP contribution in [0.1, 0.15) is 28.5 Å². The first-order valence-electron chi connectivity index (χ1n) is 8.27. The highest BCUT2D eigenvalue weighted by Crippen LogP contribution is 2.25. The fourth-order valence-corrected chi connectivity index (χ4v) is 2.87. The first-order chi connectivity index (χ1) is 13.7. The van der Waals surface area contributed by atoms with E-state index in [1.807, 2.05) is 0 Å². The lowest BCUT2D eigenvalue weighted by molar-refractivity contribution is -0.137. The Hall–Kier alpha value is -3.46. The molecular weight excluding hydrogens is 408 g/mol. The molecule has 7 nitrogen and oxygen atoms in total. The molecule has 1 unspecified atom stereocenters. The number of carbonyl (C=O) groups is 2. The van der Waals surface area contributed by atoms with Crippen LogP contribution in [0, 0.1) is 11.6 Å². The molecule has 1 aromatic heterocycles. The van der Waals surface area contributed by atoms with Gasteiger partial charge in [0, 0.05) is 16.7 Å². The molecule has 0 aliphatic rings. The summed E-state index contributed by atoms with van der Waals surface area (Å²) in [6, 6.07) is 8.63. The zero-order valence-electron chi connectivity index (χ0n) is 14.6. The number of halogens is 3. The zero-order chi connectivity index (χ0) is 21.1. The molecule has 1 amide bonds. The Kier molecular flexibility index (Phi) is 5.79. The molecule has 0 spiro atoms. The Labute approximate surface area is 168 Å². The fraction of sp³-hybridized carbons (Fsp3) is 0.105. The van der Waals surface area contributed by atoms with E-state index in [1.165, 1.54) is 30.3 Å². The molecule has 3 aromatic rings. The van der Waals surface area contributed by atoms with Gasteiger partial charge in [-0.15, -0.1) is 0 Å². The Balaban J connectivity index is 1.88. The Bertz CT molecular complexity index is 1090. The van der Waals surface area contributed by atoms with E-state index in [4.69, 9.17) is 16.7 Å². The topological polar surface area (TPSA) is 104 Å². The minimum absolute atomic E-state index is 0.0704. The van der Waals surface area contributed by atoms with E-state index >= 15 is 0 Å². The van der Waals surface area contributed by atoms with Crippen molar-refractivity contribution in [3.63, 3.8) is 0 Å². The lowest BCUT2D eigenvalue weighted by Gasteiger charge is -2.17. The van der Waals surface area contributed by atoms with Gasteiger partial charge in [-0.3, -0.25) is 9.59 Å². The van der Waals surface area contributed by atoms with Gasteiger partial charge >= 0.3 is 5.97 Å². The minimum atomic E-state index is -1.27. The summed E-state index contributed by atoms with van der Waals surface area (Å²) in [4.78, 5) is 23.7. The number of amides is 1. The monoisotopic (exact) mass is 421 g/mol. The van der Waals surface area contributed by atoms with Crippen molar-refractivity contribution in [3.05, 3.63) is 76.4 Å². The third kappa shape index (κ3) is 4.69. The number of carboxylic acids is 1. The molecule has 3 N–H and O–H groups in total. The van der Waals surface area contributed by atoms with Crippen molar-refractivity contribution < 1.29 is 28.6 Å². The number of carboxylic acid groups (broad SMARTS) is 1. The number of hydrogen-bond acceptors (Lipinski definition) is 4. The average molecular weight is 422 g/mol. The van der Waals surface area contributed by atoms with Crippen LogP contribution in [0.2, 0.25) is 5.02 Å². The summed E-state index contributed by atoms with van der Waals surface area (Å²) in [6.07, 6.45) is -0.596. The van der Waals surface area contributed by atoms with Gasteiger partial charge < -0.3 is 15.5 Å². The molecule has 1 heterocycles. The quantitative estimate of drug-likeness (QED) is 0.565. The van der Waals surface area contributed by atoms with E-state index in [0.29, 0.717) is 0 Å². The number of aliphatic carboxylic acids is 1. The predicted octanol–water partition coefficient (Wildman–Crippen LogP) is 3.46. The standard InChI is InChI=1S/C19H14ClF2N3O4/c20-10-4-5-13(14(22)6-10)15(9-18(27)28)23-19(29)16-8-17(26)25(24-16)12-3-1-2-11(21)7-12/h1-8,15,26H,9H2,(H,23,29)(H,27,28). The van der Waals surface area contributed by atoms with E-state index in [9.17, 15) is 23.5 Å². The van der Waals surface area contributed by atoms with Crippen LogP contribution in [0.4, 0.5) is 8.78 Å². The van der Waals surface area contributed by atoms with Crippen LogP contribution in [0.3, 0.4) is 0 Å². The second kappa shape index (κ2) is 8.27. The summed E-state index contributed by atoms with van der Waals surface area (Å²) in [5, 5.41) is 25.5. The summed E-state index contributed by atoms with van der Waals surface area (Å²) in [5.41, 5.74) is -0.164. The van der Waals surface area contributed by atoms with Crippen molar-refractivity contribution >= 4 is 23.5 Å². The normalized spacial score (nSPS) is 11.8. The van der Waals surface area contributed by atoms with Crippen LogP contribution in [0.15, 0.2) is 48.5 Å². The van der Waals surface area contributed by atoms with Gasteiger partial charge in [0.1, 0.15) is 11.6 Å². The van der Waals surface area contributed by atoms with Gasteiger partial charge in [-0.25, -0.2) is 13.5 Å². The second-order valence-electron chi connectivity index (χ2n) is 6.07. The first kappa shape index (κ1) is 20.3. The highest BCUT2D eigenvalue weighted by atomic mass is 35.5. The summed E-state index contributed by atoms with van der Waals surface area (Å²) in [7, 11) is 0. The molecule has 0 saturated carbocycles. The lowest BCUT2D eigenvalue weighted by Crippen LogP contribution is -2.31. The molecule has 0 fully saturated rings. The Morgan fingerprint density at radius 1 is 1.17 bits per heavy atom. The SMILES string of the molecule is O=C(O)CC(NC(=O)c1cc(O)n(-c2cccc(F)c2)n1)c1ccc(Cl)cc1F. The van der Waals surface area contributed by atoms with Gasteiger partial charge in [-0.2, -0.15) is 5.10 Å². The number of hydrogen-bond donors (Lipinski definition) is 3. The molecule has 0 aliphatic carbocycles. The zero-order valence-corrected chi connectivity index (χ0v) is 15.4. The maximum absolute atomic E-state index is 14.2. The summed E-state index contributed by atoms with van der Waals surface area (Å²) in [6.45, 7) is 0. The number of nitrogens with one attached hydrogen (secondary N) is 1. The van der Waals surface area contributed by atoms with Crippen molar-refractivity contribution in [2.45, 2.75) is 12.5 Å². The average Bonchev–Trinajstić information content (AvgIpc) is 3.03. The van der Waals surface area contributed by atoms with Gasteiger partial charge in [-0.1, -0.05) is 23.7 Å². The Morgan fingerprint density at radius 3 is 2.59 bits per heavy atom. The summed E-state index contributed by atoms with van der Waals surface area (Å²) < 4.78 is 28.5. The molecule has 0 bridgehead atoms. The Morgan fingerprint density at radius 2 is 1.93 bits per heavy atom. The molecule has 1 atom stereocenters. The molecule has 2 aromatic carbocycles. The molecule has 150 valence electrons. The number of benzene rings is 2. The highest BCUT2D eigenvalue weighted by molar-refractivity contribution is 6.30. The van der Waals surface area contributed by atoms with E-state index in [1.54, 1.807) is 0 Å². The molecule has 29 heavy (non-hydrogen) atoms. The van der Waals surface area contributed by atoms with Crippen LogP contribution in [-0.4, -0.2) is 31.9 Å². The van der Waals surface area contributed by atoms with Crippen LogP contribution < -0.4 is 5.32 Å². The van der Waals surface area contributed by atoms with Gasteiger partial charge in [-0.05, 0) is 30.3 Å². The van der Waals surface area contributed by atoms with Crippen LogP contribution >= 0.6 is 11.6 Å². The number of rotatable bonds is 6. The van der Waals surface area contributed by atoms with E-state index < -0.39 is 41.9 Å². The van der Waals surface area contributed by atoms with Crippen LogP contribution in [0.25, 0.3) is 5.69 Å². The highest BCUT2D eigenvalue weighted by Gasteiger charge is 2.24. The van der Waals surface area contributed by atoms with E-state index in [0.717, 1.165) is 22.9 Å². The lowest BCUT2D eigenvalue weighted by atomic mass is 10.0. The van der Waals surface area contributed by atoms with Gasteiger partial charge in [0.25, 0.3) is 5.91 Å². The van der Waals surface area contributed by atoms with Crippen molar-refractivity contribution in [1.29, 1.82) is 0 Å². The van der Waals surface area contributed by atoms with E-state index in [2.05, 4.69) is 10.4 Å². The second-order valence-corrected chi connectivity index (χ2v) is 6.51. The minimum Gasteiger partial charge on any atom is -0.493 e. The maximum Gasteiger partial charge on any atom is 0.305 e. The molecule has 0 saturated heterocycles. The summed E-state index contributed by atoms with van der Waals surface area (Å²) in [5.74, 6) is -3.90. The molecule has 3 rings (SSSR count). The van der Waals surface area contributed by atoms with Crippen LogP contribution in [-0.2, 0) is 4.79 Å². The van der Waals surface area contributed by atoms with Gasteiger partial charge in [0.15, 0.2) is 5.69 Å². The largest absolute Gasteiger partial charge is 0.493 e. The first-order valence-corrected chi connectivity index (χ1v) is 8.65. The fourth-order valence-electron chi connectivity index (χ4n) is 2.71. The van der Waals surface area contributed by atoms with Crippen molar-refractivity contribution in [2.24, 2.45) is 0 Å². The third-order valence-electron chi connectivity index (χ3n) is 4.00. The van der Waals surface area contributed by atoms with E-state index in [-0.39, 0.29) is 22.0 Å². The smallest absolute Gasteiger partial charge is 0.305 e. The van der Waals surface area contributed by atoms with Crippen molar-refractivity contribution in [1.82, 2.24) is 15.1 Å². The molecule has 10 heteroatoms. The number of carbonyl (C=O) groups excluding carboxylic acids is 1. The number of aromatic hydroxyl groups is 1. The summed E-state index contributed by atoms with van der Waals surface area (Å²) >= 11 is 5.71. The predicted molar refractivity (Wildman–Crippen MR) is 99.1 cm³/mol. The molecular formula is C19H14ClF2N3O4. The third-order valence-corrected chi connectivity index (χ3v) is 4.23. The molecule has 0 aliphatic heterocycles.